The molecule has 0 spiro atoms. The molecule has 166 valence electrons. The molecule has 1 aromatic carbocycles. The molecular weight excluding hydrogens is 381 g/mol. The Balaban J connectivity index is 1.51. The lowest BCUT2D eigenvalue weighted by atomic mass is 9.79. The van der Waals surface area contributed by atoms with Crippen LogP contribution in [0.4, 0.5) is 4.79 Å². The van der Waals surface area contributed by atoms with Crippen LogP contribution in [0.1, 0.15) is 61.3 Å². The van der Waals surface area contributed by atoms with Gasteiger partial charge in [-0.15, -0.1) is 0 Å². The van der Waals surface area contributed by atoms with Crippen molar-refractivity contribution in [3.63, 3.8) is 0 Å². The summed E-state index contributed by atoms with van der Waals surface area (Å²) in [7, 11) is -0.371. The highest BCUT2D eigenvalue weighted by atomic mass is 16.7. The van der Waals surface area contributed by atoms with E-state index in [2.05, 4.69) is 27.7 Å². The third kappa shape index (κ3) is 5.49. The number of ether oxygens (including phenoxy) is 2. The van der Waals surface area contributed by atoms with Gasteiger partial charge >= 0.3 is 13.2 Å². The number of likely N-dealkylation sites (tertiary alicyclic amines) is 1. The minimum absolute atomic E-state index is 0.237. The summed E-state index contributed by atoms with van der Waals surface area (Å²) in [4.78, 5) is 14.1. The molecule has 0 aliphatic carbocycles. The first-order chi connectivity index (χ1) is 13.9. The predicted molar refractivity (Wildman–Crippen MR) is 118 cm³/mol. The molecule has 1 amide bonds. The second-order valence-corrected chi connectivity index (χ2v) is 10.4. The van der Waals surface area contributed by atoms with Crippen LogP contribution < -0.4 is 10.2 Å². The van der Waals surface area contributed by atoms with Crippen LogP contribution in [0.3, 0.4) is 0 Å². The Bertz CT molecular complexity index is 725. The van der Waals surface area contributed by atoms with Crippen molar-refractivity contribution in [2.24, 2.45) is 5.92 Å². The van der Waals surface area contributed by atoms with E-state index in [-0.39, 0.29) is 24.4 Å². The fourth-order valence-electron chi connectivity index (χ4n) is 3.61. The summed E-state index contributed by atoms with van der Waals surface area (Å²) in [6.45, 7) is 15.9. The highest BCUT2D eigenvalue weighted by molar-refractivity contribution is 6.62. The Morgan fingerprint density at radius 2 is 1.73 bits per heavy atom. The van der Waals surface area contributed by atoms with Gasteiger partial charge in [-0.05, 0) is 78.9 Å². The second-order valence-electron chi connectivity index (χ2n) is 10.4. The maximum absolute atomic E-state index is 12.3. The molecule has 1 unspecified atom stereocenters. The molecule has 2 saturated heterocycles. The van der Waals surface area contributed by atoms with E-state index < -0.39 is 5.60 Å². The summed E-state index contributed by atoms with van der Waals surface area (Å²) < 4.78 is 23.7. The third-order valence-corrected chi connectivity index (χ3v) is 6.06. The molecule has 1 aromatic rings. The number of hydrogen-bond acceptors (Lipinski definition) is 5. The van der Waals surface area contributed by atoms with Gasteiger partial charge in [0.2, 0.25) is 0 Å². The molecule has 2 aliphatic rings. The van der Waals surface area contributed by atoms with Crippen LogP contribution in [0.5, 0.6) is 5.75 Å². The molecule has 7 heteroatoms. The zero-order valence-electron chi connectivity index (χ0n) is 19.5. The first-order valence-electron chi connectivity index (χ1n) is 10.9. The van der Waals surface area contributed by atoms with Gasteiger partial charge in [-0.1, -0.05) is 12.1 Å². The number of nitrogens with zero attached hydrogens (tertiary/aromatic N) is 1. The quantitative estimate of drug-likeness (QED) is 0.693. The highest BCUT2D eigenvalue weighted by Gasteiger charge is 2.51. The Hall–Kier alpha value is -1.73. The Morgan fingerprint density at radius 3 is 2.30 bits per heavy atom. The normalized spacial score (nSPS) is 23.4. The van der Waals surface area contributed by atoms with Gasteiger partial charge < -0.3 is 23.7 Å². The summed E-state index contributed by atoms with van der Waals surface area (Å²) >= 11 is 0. The topological polar surface area (TPSA) is 57.2 Å². The summed E-state index contributed by atoms with van der Waals surface area (Å²) in [6, 6.07) is 7.89. The number of hydrogen-bond donors (Lipinski definition) is 0. The number of amides is 1. The van der Waals surface area contributed by atoms with Gasteiger partial charge in [-0.2, -0.15) is 0 Å². The summed E-state index contributed by atoms with van der Waals surface area (Å²) in [5, 5.41) is 0. The molecule has 2 aliphatic heterocycles. The fourth-order valence-corrected chi connectivity index (χ4v) is 3.61. The molecule has 1 atom stereocenters. The van der Waals surface area contributed by atoms with E-state index in [1.165, 1.54) is 0 Å². The van der Waals surface area contributed by atoms with Crippen molar-refractivity contribution in [2.45, 2.75) is 78.1 Å². The molecule has 0 radical (unpaired) electrons. The number of carbonyl (C=O) groups is 1. The van der Waals surface area contributed by atoms with Crippen molar-refractivity contribution in [3.8, 4) is 5.75 Å². The van der Waals surface area contributed by atoms with Crippen LogP contribution in [0.25, 0.3) is 0 Å². The van der Waals surface area contributed by atoms with E-state index in [1.807, 2.05) is 45.0 Å². The van der Waals surface area contributed by atoms with E-state index >= 15 is 0 Å². The van der Waals surface area contributed by atoms with Crippen molar-refractivity contribution in [1.82, 2.24) is 4.90 Å². The van der Waals surface area contributed by atoms with Crippen LogP contribution in [0, 0.1) is 5.92 Å². The molecule has 30 heavy (non-hydrogen) atoms. The highest BCUT2D eigenvalue weighted by Crippen LogP contribution is 2.36. The number of rotatable bonds is 4. The van der Waals surface area contributed by atoms with Gasteiger partial charge in [0.05, 0.1) is 17.8 Å². The average molecular weight is 417 g/mol. The maximum atomic E-state index is 12.3. The Morgan fingerprint density at radius 1 is 1.13 bits per heavy atom. The van der Waals surface area contributed by atoms with Crippen LogP contribution in [-0.2, 0) is 14.0 Å². The van der Waals surface area contributed by atoms with Gasteiger partial charge in [0.1, 0.15) is 11.4 Å². The molecule has 0 N–H and O–H groups in total. The maximum Gasteiger partial charge on any atom is 0.494 e. The van der Waals surface area contributed by atoms with Crippen molar-refractivity contribution >= 4 is 18.7 Å². The first kappa shape index (κ1) is 22.9. The zero-order valence-corrected chi connectivity index (χ0v) is 19.5. The first-order valence-corrected chi connectivity index (χ1v) is 10.9. The Kier molecular flexibility index (Phi) is 6.45. The van der Waals surface area contributed by atoms with Crippen LogP contribution in [0.15, 0.2) is 24.3 Å². The molecule has 2 heterocycles. The third-order valence-electron chi connectivity index (χ3n) is 6.06. The lowest BCUT2D eigenvalue weighted by Gasteiger charge is -2.34. The van der Waals surface area contributed by atoms with Crippen molar-refractivity contribution < 1.29 is 23.6 Å². The molecule has 3 rings (SSSR count). The number of piperidine rings is 1. The van der Waals surface area contributed by atoms with Crippen LogP contribution >= 0.6 is 0 Å². The number of benzene rings is 1. The fraction of sp³-hybridized carbons (Fsp3) is 0.696. The smallest absolute Gasteiger partial charge is 0.493 e. The van der Waals surface area contributed by atoms with E-state index in [4.69, 9.17) is 18.8 Å². The van der Waals surface area contributed by atoms with E-state index in [0.29, 0.717) is 19.1 Å². The van der Waals surface area contributed by atoms with Gasteiger partial charge in [0.25, 0.3) is 0 Å². The monoisotopic (exact) mass is 417 g/mol. The van der Waals surface area contributed by atoms with Crippen molar-refractivity contribution in [3.05, 3.63) is 24.3 Å². The van der Waals surface area contributed by atoms with Crippen molar-refractivity contribution in [1.29, 1.82) is 0 Å². The minimum atomic E-state index is -0.473. The molecule has 6 nitrogen and oxygen atoms in total. The van der Waals surface area contributed by atoms with Crippen LogP contribution in [-0.4, -0.2) is 54.6 Å². The molecule has 2 fully saturated rings. The molecular formula is C23H36BNO5. The minimum Gasteiger partial charge on any atom is -0.493 e. The van der Waals surface area contributed by atoms with E-state index in [0.717, 1.165) is 30.6 Å². The molecule has 0 bridgehead atoms. The summed E-state index contributed by atoms with van der Waals surface area (Å²) in [6.07, 6.45) is 1.78. The van der Waals surface area contributed by atoms with Gasteiger partial charge in [-0.3, -0.25) is 0 Å². The molecule has 0 saturated carbocycles. The van der Waals surface area contributed by atoms with E-state index in [9.17, 15) is 4.79 Å². The second kappa shape index (κ2) is 8.43. The standard InChI is InChI=1S/C23H36BNO5/c1-21(2,3)28-20(26)25-14-8-9-17(15-25)16-27-19-12-10-18(11-13-19)24-29-22(4,5)23(6,7)30-24/h10-13,17H,8-9,14-16H2,1-7H3. The summed E-state index contributed by atoms with van der Waals surface area (Å²) in [5.41, 5.74) is -0.198. The van der Waals surface area contributed by atoms with Crippen molar-refractivity contribution in [2.75, 3.05) is 19.7 Å². The lowest BCUT2D eigenvalue weighted by Crippen LogP contribution is -2.44. The lowest BCUT2D eigenvalue weighted by molar-refractivity contribution is 0.00578. The van der Waals surface area contributed by atoms with E-state index in [1.54, 1.807) is 4.90 Å². The average Bonchev–Trinajstić information content (AvgIpc) is 2.87. The number of carbonyl (C=O) groups excluding carboxylic acids is 1. The largest absolute Gasteiger partial charge is 0.494 e. The molecule has 0 aromatic heterocycles. The van der Waals surface area contributed by atoms with Crippen LogP contribution in [0.2, 0.25) is 0 Å². The van der Waals surface area contributed by atoms with Gasteiger partial charge in [0.15, 0.2) is 0 Å². The predicted octanol–water partition coefficient (Wildman–Crippen LogP) is 4.01. The zero-order chi connectivity index (χ0) is 22.2. The Labute approximate surface area is 181 Å². The van der Waals surface area contributed by atoms with Gasteiger partial charge in [0, 0.05) is 19.0 Å². The SMILES string of the molecule is CC(C)(C)OC(=O)N1CCCC(COc2ccc(B3OC(C)(C)C(C)(C)O3)cc2)C1. The van der Waals surface area contributed by atoms with Gasteiger partial charge in [-0.25, -0.2) is 4.79 Å². The summed E-state index contributed by atoms with van der Waals surface area (Å²) in [5.74, 6) is 1.11.